The molecule has 1 aliphatic carbocycles. The van der Waals surface area contributed by atoms with Crippen LogP contribution in [0.3, 0.4) is 0 Å². The lowest BCUT2D eigenvalue weighted by atomic mass is 9.96. The lowest BCUT2D eigenvalue weighted by Gasteiger charge is -2.30. The number of para-hydroxylation sites is 1. The van der Waals surface area contributed by atoms with E-state index in [0.717, 1.165) is 68.6 Å². The second kappa shape index (κ2) is 11.4. The van der Waals surface area contributed by atoms with E-state index in [0.29, 0.717) is 25.4 Å². The number of likely N-dealkylation sites (tertiary alicyclic amines) is 1. The van der Waals surface area contributed by atoms with E-state index in [-0.39, 0.29) is 12.2 Å². The fourth-order valence-corrected chi connectivity index (χ4v) is 5.26. The fraction of sp³-hybridized carbons (Fsp3) is 0.571. The van der Waals surface area contributed by atoms with Gasteiger partial charge in [0.05, 0.1) is 12.2 Å². The Labute approximate surface area is 207 Å². The minimum Gasteiger partial charge on any atom is -0.490 e. The molecule has 0 amide bonds. The molecule has 3 heterocycles. The van der Waals surface area contributed by atoms with E-state index in [1.54, 1.807) is 0 Å². The van der Waals surface area contributed by atoms with E-state index >= 15 is 0 Å². The number of pyridine rings is 1. The maximum atomic E-state index is 12.3. The minimum atomic E-state index is -0.831. The van der Waals surface area contributed by atoms with E-state index < -0.39 is 12.0 Å². The summed E-state index contributed by atoms with van der Waals surface area (Å²) in [6.45, 7) is 3.05. The number of aliphatic carboxylic acids is 1. The minimum absolute atomic E-state index is 0.0719. The number of hydrogen-bond donors (Lipinski definition) is 2. The van der Waals surface area contributed by atoms with E-state index in [9.17, 15) is 9.90 Å². The van der Waals surface area contributed by atoms with Gasteiger partial charge in [-0.05, 0) is 75.5 Å². The topological polar surface area (TPSA) is 83.9 Å². The van der Waals surface area contributed by atoms with Crippen LogP contribution in [0.15, 0.2) is 36.4 Å². The number of unbranched alkanes of at least 4 members (excludes halogenated alkanes) is 1. The van der Waals surface area contributed by atoms with E-state index in [1.165, 1.54) is 18.4 Å². The number of aromatic nitrogens is 1. The number of anilines is 1. The van der Waals surface area contributed by atoms with Gasteiger partial charge < -0.3 is 19.9 Å². The van der Waals surface area contributed by atoms with Crippen LogP contribution in [-0.4, -0.2) is 59.4 Å². The number of rotatable bonds is 11. The van der Waals surface area contributed by atoms with E-state index in [1.807, 2.05) is 29.2 Å². The molecule has 2 aromatic rings. The Morgan fingerprint density at radius 1 is 1.11 bits per heavy atom. The monoisotopic (exact) mass is 479 g/mol. The number of ether oxygens (including phenoxy) is 2. The number of carbonyl (C=O) groups is 1. The van der Waals surface area contributed by atoms with Crippen molar-refractivity contribution in [1.82, 2.24) is 9.88 Å². The first-order valence-corrected chi connectivity index (χ1v) is 13.2. The SMILES string of the molecule is O=C(O)C(c1ccccc1OC1CCC1)N1CC[C@@H](OCCCCc2ccc3c(n2)NCCC3)C1. The van der Waals surface area contributed by atoms with Crippen molar-refractivity contribution >= 4 is 11.8 Å². The van der Waals surface area contributed by atoms with Crippen molar-refractivity contribution in [2.75, 3.05) is 31.6 Å². The predicted octanol–water partition coefficient (Wildman–Crippen LogP) is 4.61. The highest BCUT2D eigenvalue weighted by atomic mass is 16.5. The molecule has 2 atom stereocenters. The molecule has 1 unspecified atom stereocenters. The van der Waals surface area contributed by atoms with Crippen LogP contribution in [-0.2, 0) is 22.4 Å². The highest BCUT2D eigenvalue weighted by molar-refractivity contribution is 5.76. The summed E-state index contributed by atoms with van der Waals surface area (Å²) in [6, 6.07) is 11.3. The molecule has 2 aliphatic heterocycles. The van der Waals surface area contributed by atoms with Crippen molar-refractivity contribution in [2.24, 2.45) is 0 Å². The standard InChI is InChI=1S/C28H37N3O4/c32-28(33)26(24-11-1-2-12-25(24)35-22-9-5-10-22)31-17-15-23(19-31)34-18-4-3-8-21-14-13-20-7-6-16-29-27(20)30-21/h1-2,11-14,22-23,26H,3-10,15-19H2,(H,29,30)(H,32,33)/t23-,26?/m1/s1. The summed E-state index contributed by atoms with van der Waals surface area (Å²) < 4.78 is 12.3. The molecule has 188 valence electrons. The van der Waals surface area contributed by atoms with Gasteiger partial charge in [-0.15, -0.1) is 0 Å². The van der Waals surface area contributed by atoms with Gasteiger partial charge in [-0.25, -0.2) is 4.98 Å². The van der Waals surface area contributed by atoms with Gasteiger partial charge in [-0.1, -0.05) is 24.3 Å². The summed E-state index contributed by atoms with van der Waals surface area (Å²) in [6.07, 6.45) is 9.67. The van der Waals surface area contributed by atoms with Gasteiger partial charge in [0, 0.05) is 37.5 Å². The number of hydrogen-bond acceptors (Lipinski definition) is 6. The van der Waals surface area contributed by atoms with Crippen molar-refractivity contribution in [2.45, 2.75) is 76.0 Å². The summed E-state index contributed by atoms with van der Waals surface area (Å²) in [4.78, 5) is 19.1. The van der Waals surface area contributed by atoms with Crippen molar-refractivity contribution in [1.29, 1.82) is 0 Å². The Bertz CT molecular complexity index is 1010. The lowest BCUT2D eigenvalue weighted by molar-refractivity contribution is -0.143. The quantitative estimate of drug-likeness (QED) is 0.455. The summed E-state index contributed by atoms with van der Waals surface area (Å²) in [5.41, 5.74) is 3.21. The van der Waals surface area contributed by atoms with E-state index in [2.05, 4.69) is 17.4 Å². The van der Waals surface area contributed by atoms with Crippen LogP contribution in [0.2, 0.25) is 0 Å². The molecule has 0 spiro atoms. The maximum Gasteiger partial charge on any atom is 0.325 e. The first-order valence-electron chi connectivity index (χ1n) is 13.2. The molecular weight excluding hydrogens is 442 g/mol. The van der Waals surface area contributed by atoms with Gasteiger partial charge >= 0.3 is 5.97 Å². The molecule has 1 saturated heterocycles. The fourth-order valence-electron chi connectivity index (χ4n) is 5.26. The largest absolute Gasteiger partial charge is 0.490 e. The first-order chi connectivity index (χ1) is 17.2. The Kier molecular flexibility index (Phi) is 7.84. The Balaban J connectivity index is 1.09. The second-order valence-electron chi connectivity index (χ2n) is 10.0. The van der Waals surface area contributed by atoms with Gasteiger partial charge in [-0.2, -0.15) is 0 Å². The summed E-state index contributed by atoms with van der Waals surface area (Å²) in [7, 11) is 0. The van der Waals surface area contributed by atoms with Crippen LogP contribution >= 0.6 is 0 Å². The molecule has 1 aromatic heterocycles. The number of carboxylic acid groups (broad SMARTS) is 1. The third-order valence-corrected chi connectivity index (χ3v) is 7.47. The molecule has 2 N–H and O–H groups in total. The number of nitrogens with zero attached hydrogens (tertiary/aromatic N) is 2. The molecule has 7 heteroatoms. The van der Waals surface area contributed by atoms with Gasteiger partial charge in [0.15, 0.2) is 0 Å². The zero-order valence-electron chi connectivity index (χ0n) is 20.5. The van der Waals surface area contributed by atoms with Crippen LogP contribution in [0.1, 0.15) is 67.8 Å². The molecule has 1 saturated carbocycles. The Morgan fingerprint density at radius 3 is 2.83 bits per heavy atom. The number of aryl methyl sites for hydroxylation is 2. The van der Waals surface area contributed by atoms with Crippen molar-refractivity contribution in [3.63, 3.8) is 0 Å². The molecule has 2 fully saturated rings. The average Bonchev–Trinajstić information content (AvgIpc) is 3.30. The number of nitrogens with one attached hydrogen (secondary N) is 1. The van der Waals surface area contributed by atoms with Gasteiger partial charge in [-0.3, -0.25) is 9.69 Å². The molecular formula is C28H37N3O4. The third kappa shape index (κ3) is 5.96. The maximum absolute atomic E-state index is 12.3. The molecule has 35 heavy (non-hydrogen) atoms. The van der Waals surface area contributed by atoms with Crippen LogP contribution < -0.4 is 10.1 Å². The third-order valence-electron chi connectivity index (χ3n) is 7.47. The lowest BCUT2D eigenvalue weighted by Crippen LogP contribution is -2.34. The Hall–Kier alpha value is -2.64. The van der Waals surface area contributed by atoms with Gasteiger partial charge in [0.1, 0.15) is 17.6 Å². The summed E-state index contributed by atoms with van der Waals surface area (Å²) >= 11 is 0. The smallest absolute Gasteiger partial charge is 0.325 e. The normalized spacial score (nSPS) is 21.1. The number of carboxylic acids is 1. The molecule has 3 aliphatic rings. The zero-order valence-corrected chi connectivity index (χ0v) is 20.5. The molecule has 0 bridgehead atoms. The molecule has 0 radical (unpaired) electrons. The van der Waals surface area contributed by atoms with E-state index in [4.69, 9.17) is 14.5 Å². The van der Waals surface area contributed by atoms with Crippen LogP contribution in [0.5, 0.6) is 5.75 Å². The number of benzene rings is 1. The summed E-state index contributed by atoms with van der Waals surface area (Å²) in [5, 5.41) is 13.5. The van der Waals surface area contributed by atoms with Gasteiger partial charge in [0.2, 0.25) is 0 Å². The molecule has 1 aromatic carbocycles. The molecule has 7 nitrogen and oxygen atoms in total. The second-order valence-corrected chi connectivity index (χ2v) is 10.0. The Morgan fingerprint density at radius 2 is 2.00 bits per heavy atom. The van der Waals surface area contributed by atoms with Crippen molar-refractivity contribution in [3.8, 4) is 5.75 Å². The zero-order chi connectivity index (χ0) is 24.0. The van der Waals surface area contributed by atoms with Gasteiger partial charge in [0.25, 0.3) is 0 Å². The van der Waals surface area contributed by atoms with Crippen LogP contribution in [0.25, 0.3) is 0 Å². The van der Waals surface area contributed by atoms with Crippen molar-refractivity contribution in [3.05, 3.63) is 53.2 Å². The average molecular weight is 480 g/mol. The predicted molar refractivity (Wildman–Crippen MR) is 135 cm³/mol. The highest BCUT2D eigenvalue weighted by Crippen LogP contribution is 2.35. The molecule has 5 rings (SSSR count). The van der Waals surface area contributed by atoms with Crippen LogP contribution in [0, 0.1) is 0 Å². The van der Waals surface area contributed by atoms with Crippen molar-refractivity contribution < 1.29 is 19.4 Å². The number of fused-ring (bicyclic) bond motifs is 1. The van der Waals surface area contributed by atoms with Crippen LogP contribution in [0.4, 0.5) is 5.82 Å². The highest BCUT2D eigenvalue weighted by Gasteiger charge is 2.36. The first kappa shape index (κ1) is 24.1. The summed E-state index contributed by atoms with van der Waals surface area (Å²) in [5.74, 6) is 0.936.